The second kappa shape index (κ2) is 3.94. The predicted molar refractivity (Wildman–Crippen MR) is 55.7 cm³/mol. The molecule has 3 fully saturated rings. The van der Waals surface area contributed by atoms with Gasteiger partial charge in [-0.2, -0.15) is 21.6 Å². The lowest BCUT2D eigenvalue weighted by Gasteiger charge is -2.18. The summed E-state index contributed by atoms with van der Waals surface area (Å²) in [6.45, 7) is 0. The standard InChI is InChI=1S/C10H10F3NO5S/c11-10(12,13)20(17,18)19-14-8(15)6-4-1-2-5(3-4)7(6)9(14)16/h4-7H,1-3H2. The average molecular weight is 313 g/mol. The minimum Gasteiger partial charge on any atom is -0.272 e. The van der Waals surface area contributed by atoms with Gasteiger partial charge in [0, 0.05) is 0 Å². The molecular weight excluding hydrogens is 303 g/mol. The lowest BCUT2D eigenvalue weighted by Crippen LogP contribution is -2.39. The summed E-state index contributed by atoms with van der Waals surface area (Å²) in [6, 6.07) is 0. The van der Waals surface area contributed by atoms with Crippen LogP contribution in [0.2, 0.25) is 0 Å². The zero-order valence-corrected chi connectivity index (χ0v) is 10.8. The van der Waals surface area contributed by atoms with E-state index in [1.54, 1.807) is 0 Å². The van der Waals surface area contributed by atoms with E-state index in [-0.39, 0.29) is 16.9 Å². The van der Waals surface area contributed by atoms with Gasteiger partial charge in [-0.3, -0.25) is 9.59 Å². The Hall–Kier alpha value is -1.16. The van der Waals surface area contributed by atoms with Gasteiger partial charge in [0.1, 0.15) is 0 Å². The molecule has 4 unspecified atom stereocenters. The number of carbonyl (C=O) groups is 2. The highest BCUT2D eigenvalue weighted by Gasteiger charge is 2.63. The normalized spacial score (nSPS) is 36.9. The van der Waals surface area contributed by atoms with E-state index < -0.39 is 39.3 Å². The Morgan fingerprint density at radius 3 is 1.90 bits per heavy atom. The van der Waals surface area contributed by atoms with Gasteiger partial charge in [-0.05, 0) is 31.1 Å². The number of imide groups is 1. The van der Waals surface area contributed by atoms with E-state index in [0.29, 0.717) is 6.42 Å². The monoisotopic (exact) mass is 313 g/mol. The number of amides is 2. The Balaban J connectivity index is 1.87. The molecular formula is C10H10F3NO5S. The minimum absolute atomic E-state index is 0.0661. The molecule has 3 aliphatic rings. The molecule has 0 aromatic heterocycles. The summed E-state index contributed by atoms with van der Waals surface area (Å²) in [5.41, 5.74) is -5.68. The molecule has 0 spiro atoms. The number of nitrogens with zero attached hydrogens (tertiary/aromatic N) is 1. The fourth-order valence-electron chi connectivity index (χ4n) is 3.60. The molecule has 112 valence electrons. The van der Waals surface area contributed by atoms with Crippen molar-refractivity contribution in [2.24, 2.45) is 23.7 Å². The summed E-state index contributed by atoms with van der Waals surface area (Å²) < 4.78 is 62.2. The molecule has 0 N–H and O–H groups in total. The van der Waals surface area contributed by atoms with E-state index in [1.165, 1.54) is 0 Å². The van der Waals surface area contributed by atoms with Crippen molar-refractivity contribution >= 4 is 21.9 Å². The van der Waals surface area contributed by atoms with Crippen LogP contribution >= 0.6 is 0 Å². The highest BCUT2D eigenvalue weighted by molar-refractivity contribution is 7.87. The van der Waals surface area contributed by atoms with Crippen molar-refractivity contribution in [1.82, 2.24) is 5.06 Å². The van der Waals surface area contributed by atoms with Gasteiger partial charge < -0.3 is 0 Å². The number of hydrogen-bond acceptors (Lipinski definition) is 5. The van der Waals surface area contributed by atoms with Crippen molar-refractivity contribution in [3.8, 4) is 0 Å². The van der Waals surface area contributed by atoms with Crippen molar-refractivity contribution in [3.63, 3.8) is 0 Å². The highest BCUT2D eigenvalue weighted by atomic mass is 32.2. The highest BCUT2D eigenvalue weighted by Crippen LogP contribution is 2.56. The first-order valence-electron chi connectivity index (χ1n) is 6.02. The van der Waals surface area contributed by atoms with Crippen LogP contribution in [0.4, 0.5) is 13.2 Å². The summed E-state index contributed by atoms with van der Waals surface area (Å²) >= 11 is 0. The van der Waals surface area contributed by atoms with Crippen LogP contribution in [0.3, 0.4) is 0 Å². The zero-order valence-electron chi connectivity index (χ0n) is 9.96. The van der Waals surface area contributed by atoms with E-state index in [9.17, 15) is 31.2 Å². The van der Waals surface area contributed by atoms with Crippen LogP contribution in [0.5, 0.6) is 0 Å². The predicted octanol–water partition coefficient (Wildman–Crippen LogP) is 0.799. The molecule has 10 heteroatoms. The van der Waals surface area contributed by atoms with Crippen molar-refractivity contribution in [1.29, 1.82) is 0 Å². The summed E-state index contributed by atoms with van der Waals surface area (Å²) in [7, 11) is -6.01. The average Bonchev–Trinajstić information content (AvgIpc) is 2.97. The Morgan fingerprint density at radius 2 is 1.50 bits per heavy atom. The van der Waals surface area contributed by atoms with Crippen LogP contribution < -0.4 is 0 Å². The smallest absolute Gasteiger partial charge is 0.272 e. The van der Waals surface area contributed by atoms with Gasteiger partial charge in [0.25, 0.3) is 11.8 Å². The lowest BCUT2D eigenvalue weighted by molar-refractivity contribution is -0.169. The molecule has 20 heavy (non-hydrogen) atoms. The van der Waals surface area contributed by atoms with Crippen LogP contribution in [0.25, 0.3) is 0 Å². The van der Waals surface area contributed by atoms with Crippen molar-refractivity contribution < 1.29 is 35.5 Å². The number of rotatable bonds is 2. The number of halogens is 3. The topological polar surface area (TPSA) is 80.8 Å². The van der Waals surface area contributed by atoms with Crippen LogP contribution in [-0.4, -0.2) is 30.8 Å². The molecule has 2 bridgehead atoms. The lowest BCUT2D eigenvalue weighted by atomic mass is 9.81. The molecule has 2 saturated carbocycles. The first kappa shape index (κ1) is 13.8. The van der Waals surface area contributed by atoms with Crippen LogP contribution in [0, 0.1) is 23.7 Å². The molecule has 1 saturated heterocycles. The quantitative estimate of drug-likeness (QED) is 0.556. The molecule has 0 aromatic carbocycles. The van der Waals surface area contributed by atoms with Gasteiger partial charge in [-0.25, -0.2) is 0 Å². The van der Waals surface area contributed by atoms with Crippen LogP contribution in [0.15, 0.2) is 0 Å². The maximum atomic E-state index is 12.2. The maximum absolute atomic E-state index is 12.2. The van der Waals surface area contributed by atoms with E-state index in [2.05, 4.69) is 4.28 Å². The summed E-state index contributed by atoms with van der Waals surface area (Å²) in [5.74, 6) is -3.54. The molecule has 1 aliphatic heterocycles. The SMILES string of the molecule is O=C1C2C3CCC(C3)C2C(=O)N1OS(=O)(=O)C(F)(F)F. The molecule has 0 aromatic rings. The summed E-state index contributed by atoms with van der Waals surface area (Å²) in [4.78, 5) is 23.9. The number of carbonyl (C=O) groups excluding carboxylic acids is 2. The molecule has 6 nitrogen and oxygen atoms in total. The van der Waals surface area contributed by atoms with E-state index >= 15 is 0 Å². The third kappa shape index (κ3) is 1.70. The van der Waals surface area contributed by atoms with Gasteiger partial charge in [0.15, 0.2) is 0 Å². The van der Waals surface area contributed by atoms with E-state index in [0.717, 1.165) is 12.8 Å². The second-order valence-corrected chi connectivity index (χ2v) is 6.85. The third-order valence-corrected chi connectivity index (χ3v) is 5.26. The molecule has 0 radical (unpaired) electrons. The fourth-order valence-corrected chi connectivity index (χ4v) is 4.02. The maximum Gasteiger partial charge on any atom is 0.525 e. The first-order chi connectivity index (χ1) is 9.13. The fraction of sp³-hybridized carbons (Fsp3) is 0.800. The van der Waals surface area contributed by atoms with Crippen molar-refractivity contribution in [2.45, 2.75) is 24.8 Å². The molecule has 1 heterocycles. The Labute approximate surface area is 111 Å². The van der Waals surface area contributed by atoms with Gasteiger partial charge in [0.05, 0.1) is 11.8 Å². The van der Waals surface area contributed by atoms with Gasteiger partial charge in [-0.1, -0.05) is 0 Å². The van der Waals surface area contributed by atoms with Crippen molar-refractivity contribution in [3.05, 3.63) is 0 Å². The van der Waals surface area contributed by atoms with E-state index in [4.69, 9.17) is 0 Å². The number of fused-ring (bicyclic) bond motifs is 5. The minimum atomic E-state index is -6.01. The number of hydroxylamine groups is 2. The largest absolute Gasteiger partial charge is 0.525 e. The Morgan fingerprint density at radius 1 is 1.05 bits per heavy atom. The third-order valence-electron chi connectivity index (χ3n) is 4.34. The summed E-state index contributed by atoms with van der Waals surface area (Å²) in [5, 5.41) is -0.206. The van der Waals surface area contributed by atoms with E-state index in [1.807, 2.05) is 0 Å². The van der Waals surface area contributed by atoms with Gasteiger partial charge in [0.2, 0.25) is 0 Å². The van der Waals surface area contributed by atoms with Crippen LogP contribution in [-0.2, 0) is 24.0 Å². The van der Waals surface area contributed by atoms with Crippen LogP contribution in [0.1, 0.15) is 19.3 Å². The first-order valence-corrected chi connectivity index (χ1v) is 7.43. The Bertz CT molecular complexity index is 558. The number of alkyl halides is 3. The number of hydrogen-bond donors (Lipinski definition) is 0. The zero-order chi connectivity index (χ0) is 14.9. The second-order valence-electron chi connectivity index (χ2n) is 5.33. The molecule has 2 aliphatic carbocycles. The van der Waals surface area contributed by atoms with Crippen molar-refractivity contribution in [2.75, 3.05) is 0 Å². The molecule has 4 atom stereocenters. The van der Waals surface area contributed by atoms with Gasteiger partial charge >= 0.3 is 15.6 Å². The molecule has 2 amide bonds. The molecule has 3 rings (SSSR count). The summed E-state index contributed by atoms with van der Waals surface area (Å²) in [6.07, 6.45) is 2.14. The Kier molecular flexibility index (Phi) is 2.72. The van der Waals surface area contributed by atoms with Gasteiger partial charge in [-0.15, -0.1) is 9.35 Å².